The first-order valence-electron chi connectivity index (χ1n) is 7.32. The van der Waals surface area contributed by atoms with E-state index in [4.69, 9.17) is 0 Å². The number of nitrogens with one attached hydrogen (secondary N) is 1. The van der Waals surface area contributed by atoms with Crippen LogP contribution in [0.3, 0.4) is 0 Å². The highest BCUT2D eigenvalue weighted by Gasteiger charge is 2.41. The monoisotopic (exact) mass is 316 g/mol. The number of rotatable bonds is 2. The van der Waals surface area contributed by atoms with Crippen molar-refractivity contribution in [2.45, 2.75) is 18.4 Å². The van der Waals surface area contributed by atoms with Crippen molar-refractivity contribution >= 4 is 5.65 Å². The summed E-state index contributed by atoms with van der Waals surface area (Å²) in [5.74, 6) is -2.48. The molecule has 3 heterocycles. The Hall–Kier alpha value is -2.54. The van der Waals surface area contributed by atoms with E-state index in [1.165, 1.54) is 8.97 Å². The fourth-order valence-corrected chi connectivity index (χ4v) is 2.95. The summed E-state index contributed by atoms with van der Waals surface area (Å²) in [6.07, 6.45) is 1.24. The van der Waals surface area contributed by atoms with E-state index in [9.17, 15) is 13.6 Å². The first-order chi connectivity index (χ1) is 11.1. The van der Waals surface area contributed by atoms with Crippen molar-refractivity contribution < 1.29 is 8.78 Å². The van der Waals surface area contributed by atoms with Gasteiger partial charge in [-0.1, -0.05) is 18.2 Å². The van der Waals surface area contributed by atoms with Crippen LogP contribution in [-0.2, 0) is 0 Å². The summed E-state index contributed by atoms with van der Waals surface area (Å²) in [6, 6.07) is 11.7. The van der Waals surface area contributed by atoms with Crippen molar-refractivity contribution in [1.82, 2.24) is 19.3 Å². The molecule has 2 aromatic heterocycles. The van der Waals surface area contributed by atoms with Crippen LogP contribution in [0, 0.1) is 0 Å². The number of alkyl halides is 2. The molecule has 23 heavy (non-hydrogen) atoms. The van der Waals surface area contributed by atoms with Gasteiger partial charge in [0, 0.05) is 12.6 Å². The molecule has 4 rings (SSSR count). The minimum absolute atomic E-state index is 0.310. The van der Waals surface area contributed by atoms with Crippen LogP contribution < -0.4 is 11.0 Å². The highest BCUT2D eigenvalue weighted by atomic mass is 19.3. The number of nitrogens with zero attached hydrogens (tertiary/aromatic N) is 3. The molecule has 0 saturated carbocycles. The van der Waals surface area contributed by atoms with Crippen molar-refractivity contribution in [1.29, 1.82) is 0 Å². The molecule has 1 saturated heterocycles. The molecule has 1 aliphatic rings. The molecule has 1 aliphatic heterocycles. The third kappa shape index (κ3) is 2.33. The van der Waals surface area contributed by atoms with E-state index in [1.54, 1.807) is 42.6 Å². The quantitative estimate of drug-likeness (QED) is 0.788. The number of halogens is 2. The summed E-state index contributed by atoms with van der Waals surface area (Å²) in [5, 5.41) is 2.78. The Labute approximate surface area is 130 Å². The molecule has 0 aliphatic carbocycles. The van der Waals surface area contributed by atoms with E-state index < -0.39 is 18.5 Å². The molecule has 1 aromatic carbocycles. The molecular formula is C16H14F2N4O. The highest BCUT2D eigenvalue weighted by Crippen LogP contribution is 2.33. The van der Waals surface area contributed by atoms with Gasteiger partial charge in [-0.3, -0.25) is 4.40 Å². The average molecular weight is 316 g/mol. The molecule has 0 amide bonds. The topological polar surface area (TPSA) is 51.3 Å². The van der Waals surface area contributed by atoms with Crippen LogP contribution >= 0.6 is 0 Å². The zero-order chi connectivity index (χ0) is 16.0. The maximum Gasteiger partial charge on any atom is 0.339 e. The maximum atomic E-state index is 13.6. The van der Waals surface area contributed by atoms with Crippen LogP contribution in [0.15, 0.2) is 53.5 Å². The molecule has 1 unspecified atom stereocenters. The number of hydrogen-bond donors (Lipinski definition) is 1. The molecule has 0 radical (unpaired) electrons. The van der Waals surface area contributed by atoms with Crippen LogP contribution in [0.25, 0.3) is 11.3 Å². The minimum atomic E-state index is -2.79. The molecule has 5 nitrogen and oxygen atoms in total. The number of hydrogen-bond acceptors (Lipinski definition) is 3. The predicted molar refractivity (Wildman–Crippen MR) is 81.1 cm³/mol. The largest absolute Gasteiger partial charge is 0.339 e. The smallest absolute Gasteiger partial charge is 0.301 e. The summed E-state index contributed by atoms with van der Waals surface area (Å²) in [5.41, 5.74) is 0.736. The van der Waals surface area contributed by atoms with Gasteiger partial charge in [0.1, 0.15) is 11.5 Å². The number of para-hydroxylation sites is 1. The standard InChI is InChI=1S/C16H14F2N4O/c17-16(18)9-12(19-10-16)14-20-13-7-4-8-21(13)15(23)22(14)11-5-2-1-3-6-11/h1-8,12,19H,9-10H2. The lowest BCUT2D eigenvalue weighted by atomic mass is 10.1. The average Bonchev–Trinajstić information content (AvgIpc) is 3.14. The van der Waals surface area contributed by atoms with Crippen molar-refractivity contribution in [2.24, 2.45) is 0 Å². The first kappa shape index (κ1) is 14.1. The maximum absolute atomic E-state index is 13.6. The summed E-state index contributed by atoms with van der Waals surface area (Å²) in [7, 11) is 0. The molecule has 0 bridgehead atoms. The van der Waals surface area contributed by atoms with Crippen LogP contribution in [0.2, 0.25) is 0 Å². The second kappa shape index (κ2) is 4.99. The van der Waals surface area contributed by atoms with Gasteiger partial charge in [-0.15, -0.1) is 0 Å². The van der Waals surface area contributed by atoms with Crippen LogP contribution in [0.5, 0.6) is 0 Å². The molecule has 1 fully saturated rings. The van der Waals surface area contributed by atoms with E-state index in [0.717, 1.165) is 0 Å². The molecule has 1 atom stereocenters. The normalized spacial score (nSPS) is 20.2. The van der Waals surface area contributed by atoms with E-state index in [-0.39, 0.29) is 12.1 Å². The fourth-order valence-electron chi connectivity index (χ4n) is 2.95. The van der Waals surface area contributed by atoms with Crippen molar-refractivity contribution in [2.75, 3.05) is 6.54 Å². The van der Waals surface area contributed by atoms with Crippen molar-refractivity contribution in [3.8, 4) is 5.69 Å². The lowest BCUT2D eigenvalue weighted by Gasteiger charge is -2.17. The number of aromatic nitrogens is 3. The highest BCUT2D eigenvalue weighted by molar-refractivity contribution is 5.41. The second-order valence-electron chi connectivity index (χ2n) is 5.65. The Kier molecular flexibility index (Phi) is 3.05. The van der Waals surface area contributed by atoms with Crippen molar-refractivity contribution in [3.05, 3.63) is 65.0 Å². The molecule has 7 heteroatoms. The van der Waals surface area contributed by atoms with Gasteiger partial charge >= 0.3 is 5.69 Å². The SMILES string of the molecule is O=c1n(-c2ccccc2)c(C2CC(F)(F)CN2)nc2cccn12. The summed E-state index contributed by atoms with van der Waals surface area (Å²) in [4.78, 5) is 17.2. The van der Waals surface area contributed by atoms with E-state index in [0.29, 0.717) is 17.2 Å². The Balaban J connectivity index is 1.97. The van der Waals surface area contributed by atoms with Gasteiger partial charge in [-0.25, -0.2) is 23.1 Å². The molecule has 0 spiro atoms. The Morgan fingerprint density at radius 2 is 1.96 bits per heavy atom. The van der Waals surface area contributed by atoms with Gasteiger partial charge in [-0.2, -0.15) is 0 Å². The predicted octanol–water partition coefficient (Wildman–Crippen LogP) is 2.15. The van der Waals surface area contributed by atoms with Gasteiger partial charge in [0.2, 0.25) is 0 Å². The van der Waals surface area contributed by atoms with Gasteiger partial charge in [0.25, 0.3) is 5.92 Å². The third-order valence-electron chi connectivity index (χ3n) is 4.02. The lowest BCUT2D eigenvalue weighted by Crippen LogP contribution is -2.32. The third-order valence-corrected chi connectivity index (χ3v) is 4.02. The van der Waals surface area contributed by atoms with Gasteiger partial charge in [0.05, 0.1) is 18.3 Å². The van der Waals surface area contributed by atoms with Crippen LogP contribution in [0.1, 0.15) is 18.3 Å². The van der Waals surface area contributed by atoms with Crippen molar-refractivity contribution in [3.63, 3.8) is 0 Å². The van der Waals surface area contributed by atoms with Crippen LogP contribution in [0.4, 0.5) is 8.78 Å². The van der Waals surface area contributed by atoms with Gasteiger partial charge in [0.15, 0.2) is 0 Å². The van der Waals surface area contributed by atoms with Gasteiger partial charge in [-0.05, 0) is 24.3 Å². The van der Waals surface area contributed by atoms with E-state index in [2.05, 4.69) is 10.3 Å². The minimum Gasteiger partial charge on any atom is -0.301 e. The Morgan fingerprint density at radius 3 is 2.65 bits per heavy atom. The molecular weight excluding hydrogens is 302 g/mol. The molecule has 118 valence electrons. The van der Waals surface area contributed by atoms with E-state index >= 15 is 0 Å². The summed E-state index contributed by atoms with van der Waals surface area (Å²) in [6.45, 7) is -0.408. The summed E-state index contributed by atoms with van der Waals surface area (Å²) < 4.78 is 30.0. The molecule has 3 aromatic rings. The summed E-state index contributed by atoms with van der Waals surface area (Å²) >= 11 is 0. The first-order valence-corrected chi connectivity index (χ1v) is 7.32. The molecule has 1 N–H and O–H groups in total. The number of fused-ring (bicyclic) bond motifs is 1. The number of benzene rings is 1. The van der Waals surface area contributed by atoms with Gasteiger partial charge < -0.3 is 5.32 Å². The fraction of sp³-hybridized carbons (Fsp3) is 0.250. The van der Waals surface area contributed by atoms with Crippen LogP contribution in [-0.4, -0.2) is 26.4 Å². The van der Waals surface area contributed by atoms with E-state index in [1.807, 2.05) is 6.07 Å². The lowest BCUT2D eigenvalue weighted by molar-refractivity contribution is 0.0207. The zero-order valence-corrected chi connectivity index (χ0v) is 12.1. The Bertz CT molecular complexity index is 917. The Morgan fingerprint density at radius 1 is 1.17 bits per heavy atom. The second-order valence-corrected chi connectivity index (χ2v) is 5.65. The zero-order valence-electron chi connectivity index (χ0n) is 12.1.